The molecular weight excluding hydrogens is 396 g/mol. The molecule has 6 nitrogen and oxygen atoms in total. The Morgan fingerprint density at radius 1 is 1.19 bits per heavy atom. The average molecular weight is 417 g/mol. The van der Waals surface area contributed by atoms with Gasteiger partial charge in [-0.25, -0.2) is 0 Å². The molecule has 0 spiro atoms. The predicted molar refractivity (Wildman–Crippen MR) is 104 cm³/mol. The van der Waals surface area contributed by atoms with Crippen LogP contribution in [0, 0.1) is 20.8 Å². The van der Waals surface area contributed by atoms with Crippen LogP contribution in [0.15, 0.2) is 33.3 Å². The van der Waals surface area contributed by atoms with E-state index in [9.17, 15) is 4.79 Å². The molecule has 0 fully saturated rings. The van der Waals surface area contributed by atoms with Crippen molar-refractivity contribution in [1.82, 2.24) is 14.9 Å². The smallest absolute Gasteiger partial charge is 0.232 e. The van der Waals surface area contributed by atoms with Crippen molar-refractivity contribution in [3.8, 4) is 11.1 Å². The second-order valence-corrected chi connectivity index (χ2v) is 7.30. The normalized spacial score (nSPS) is 12.2. The minimum absolute atomic E-state index is 0.124. The van der Waals surface area contributed by atoms with E-state index in [1.807, 2.05) is 59.0 Å². The first kappa shape index (κ1) is 18.4. The van der Waals surface area contributed by atoms with Crippen molar-refractivity contribution in [2.75, 3.05) is 5.32 Å². The number of hydrogen-bond acceptors (Lipinski definition) is 4. The topological polar surface area (TPSA) is 73.0 Å². The van der Waals surface area contributed by atoms with Crippen LogP contribution < -0.4 is 5.32 Å². The van der Waals surface area contributed by atoms with Crippen molar-refractivity contribution in [2.45, 2.75) is 33.6 Å². The van der Waals surface area contributed by atoms with Crippen LogP contribution in [0.2, 0.25) is 0 Å². The van der Waals surface area contributed by atoms with Crippen molar-refractivity contribution in [3.05, 3.63) is 51.4 Å². The zero-order chi connectivity index (χ0) is 19.0. The Bertz CT molecular complexity index is 937. The Kier molecular flexibility index (Phi) is 5.00. The van der Waals surface area contributed by atoms with Crippen LogP contribution >= 0.6 is 15.9 Å². The van der Waals surface area contributed by atoms with Crippen molar-refractivity contribution >= 4 is 27.7 Å². The third-order valence-corrected chi connectivity index (χ3v) is 5.04. The molecule has 0 saturated carbocycles. The average Bonchev–Trinajstić information content (AvgIpc) is 3.06. The molecule has 0 aliphatic carbocycles. The van der Waals surface area contributed by atoms with E-state index >= 15 is 0 Å². The molecule has 26 heavy (non-hydrogen) atoms. The molecule has 3 aromatic rings. The number of amides is 1. The molecule has 2 aromatic heterocycles. The molecule has 1 atom stereocenters. The Labute approximate surface area is 160 Å². The second kappa shape index (κ2) is 7.07. The van der Waals surface area contributed by atoms with E-state index in [1.165, 1.54) is 0 Å². The predicted octanol–water partition coefficient (Wildman–Crippen LogP) is 4.51. The number of nitrogens with one attached hydrogen (secondary N) is 1. The summed E-state index contributed by atoms with van der Waals surface area (Å²) in [5.74, 6) is 0.836. The maximum absolute atomic E-state index is 12.9. The SMILES string of the molecule is Cc1nn(C)c(NC(=O)C(C)c2c(C)noc2C)c1-c1ccc(Br)cc1. The van der Waals surface area contributed by atoms with Gasteiger partial charge in [-0.1, -0.05) is 33.2 Å². The van der Waals surface area contributed by atoms with Gasteiger partial charge in [0.25, 0.3) is 0 Å². The number of aromatic nitrogens is 3. The van der Waals surface area contributed by atoms with Gasteiger partial charge in [-0.05, 0) is 45.4 Å². The van der Waals surface area contributed by atoms with Gasteiger partial charge in [-0.15, -0.1) is 0 Å². The third-order valence-electron chi connectivity index (χ3n) is 4.51. The van der Waals surface area contributed by atoms with Gasteiger partial charge in [0.05, 0.1) is 17.3 Å². The van der Waals surface area contributed by atoms with Crippen molar-refractivity contribution in [2.24, 2.45) is 7.05 Å². The van der Waals surface area contributed by atoms with Crippen LogP contribution in [-0.4, -0.2) is 20.8 Å². The summed E-state index contributed by atoms with van der Waals surface area (Å²) in [5, 5.41) is 11.5. The number of halogens is 1. The van der Waals surface area contributed by atoms with Crippen molar-refractivity contribution < 1.29 is 9.32 Å². The maximum Gasteiger partial charge on any atom is 0.232 e. The summed E-state index contributed by atoms with van der Waals surface area (Å²) in [6.07, 6.45) is 0. The van der Waals surface area contributed by atoms with Gasteiger partial charge >= 0.3 is 0 Å². The molecule has 0 bridgehead atoms. The van der Waals surface area contributed by atoms with Crippen LogP contribution in [0.4, 0.5) is 5.82 Å². The molecule has 136 valence electrons. The Hall–Kier alpha value is -2.41. The number of hydrogen-bond donors (Lipinski definition) is 1. The first-order valence-electron chi connectivity index (χ1n) is 8.32. The lowest BCUT2D eigenvalue weighted by molar-refractivity contribution is -0.117. The molecule has 1 amide bonds. The Morgan fingerprint density at radius 2 is 1.85 bits per heavy atom. The van der Waals surface area contributed by atoms with Gasteiger partial charge in [-0.2, -0.15) is 5.10 Å². The number of carbonyl (C=O) groups is 1. The van der Waals surface area contributed by atoms with E-state index in [0.717, 1.165) is 32.6 Å². The highest BCUT2D eigenvalue weighted by atomic mass is 79.9. The molecule has 1 unspecified atom stereocenters. The van der Waals surface area contributed by atoms with Crippen molar-refractivity contribution in [3.63, 3.8) is 0 Å². The van der Waals surface area contributed by atoms with Crippen LogP contribution in [-0.2, 0) is 11.8 Å². The monoisotopic (exact) mass is 416 g/mol. The quantitative estimate of drug-likeness (QED) is 0.678. The summed E-state index contributed by atoms with van der Waals surface area (Å²) in [6.45, 7) is 7.45. The minimum atomic E-state index is -0.380. The lowest BCUT2D eigenvalue weighted by atomic mass is 9.98. The molecule has 0 aliphatic rings. The summed E-state index contributed by atoms with van der Waals surface area (Å²) in [7, 11) is 1.82. The first-order chi connectivity index (χ1) is 12.3. The van der Waals surface area contributed by atoms with E-state index < -0.39 is 0 Å². The lowest BCUT2D eigenvalue weighted by Gasteiger charge is -2.14. The highest BCUT2D eigenvalue weighted by Gasteiger charge is 2.25. The largest absolute Gasteiger partial charge is 0.361 e. The maximum atomic E-state index is 12.9. The number of carbonyl (C=O) groups excluding carboxylic acids is 1. The van der Waals surface area contributed by atoms with Crippen LogP contribution in [0.25, 0.3) is 11.1 Å². The minimum Gasteiger partial charge on any atom is -0.361 e. The van der Waals surface area contributed by atoms with Gasteiger partial charge in [-0.3, -0.25) is 9.48 Å². The number of benzene rings is 1. The summed E-state index contributed by atoms with van der Waals surface area (Å²) in [5.41, 5.74) is 4.33. The van der Waals surface area contributed by atoms with Gasteiger partial charge in [0.2, 0.25) is 5.91 Å². The zero-order valence-electron chi connectivity index (χ0n) is 15.4. The molecule has 1 aromatic carbocycles. The summed E-state index contributed by atoms with van der Waals surface area (Å²) >= 11 is 3.45. The van der Waals surface area contributed by atoms with E-state index in [-0.39, 0.29) is 11.8 Å². The third kappa shape index (κ3) is 3.31. The Morgan fingerprint density at radius 3 is 2.42 bits per heavy atom. The molecule has 0 saturated heterocycles. The van der Waals surface area contributed by atoms with Crippen LogP contribution in [0.1, 0.15) is 35.6 Å². The van der Waals surface area contributed by atoms with E-state index in [1.54, 1.807) is 4.68 Å². The molecular formula is C19H21BrN4O2. The molecule has 0 radical (unpaired) electrons. The highest BCUT2D eigenvalue weighted by molar-refractivity contribution is 9.10. The number of anilines is 1. The van der Waals surface area contributed by atoms with Crippen LogP contribution in [0.3, 0.4) is 0 Å². The lowest BCUT2D eigenvalue weighted by Crippen LogP contribution is -2.21. The summed E-state index contributed by atoms with van der Waals surface area (Å²) < 4.78 is 7.90. The van der Waals surface area contributed by atoms with Crippen LogP contribution in [0.5, 0.6) is 0 Å². The highest BCUT2D eigenvalue weighted by Crippen LogP contribution is 2.33. The number of nitrogens with zero attached hydrogens (tertiary/aromatic N) is 3. The molecule has 1 N–H and O–H groups in total. The van der Waals surface area contributed by atoms with E-state index in [0.29, 0.717) is 11.6 Å². The molecule has 3 rings (SSSR count). The van der Waals surface area contributed by atoms with Gasteiger partial charge < -0.3 is 9.84 Å². The molecule has 7 heteroatoms. The first-order valence-corrected chi connectivity index (χ1v) is 9.12. The van der Waals surface area contributed by atoms with Gasteiger partial charge in [0.1, 0.15) is 11.6 Å². The number of aryl methyl sites for hydroxylation is 4. The van der Waals surface area contributed by atoms with E-state index in [2.05, 4.69) is 31.5 Å². The van der Waals surface area contributed by atoms with E-state index in [4.69, 9.17) is 4.52 Å². The van der Waals surface area contributed by atoms with Crippen molar-refractivity contribution in [1.29, 1.82) is 0 Å². The second-order valence-electron chi connectivity index (χ2n) is 6.39. The summed E-state index contributed by atoms with van der Waals surface area (Å²) in [4.78, 5) is 12.9. The van der Waals surface area contributed by atoms with Gasteiger partial charge in [0, 0.05) is 22.6 Å². The summed E-state index contributed by atoms with van der Waals surface area (Å²) in [6, 6.07) is 7.95. The zero-order valence-corrected chi connectivity index (χ0v) is 17.0. The molecule has 0 aliphatic heterocycles. The fraction of sp³-hybridized carbons (Fsp3) is 0.316. The standard InChI is InChI=1S/C19H21BrN4O2/c1-10(16-12(3)23-26-13(16)4)19(25)21-18-17(11(2)22-24(18)5)14-6-8-15(20)9-7-14/h6-10H,1-5H3,(H,21,25). The molecule has 2 heterocycles. The van der Waals surface area contributed by atoms with Gasteiger partial charge in [0.15, 0.2) is 0 Å². The fourth-order valence-corrected chi connectivity index (χ4v) is 3.49. The number of rotatable bonds is 4. The fourth-order valence-electron chi connectivity index (χ4n) is 3.23. The Balaban J connectivity index is 1.95.